The molecule has 1 aliphatic rings. The van der Waals surface area contributed by atoms with E-state index < -0.39 is 5.25 Å². The van der Waals surface area contributed by atoms with Gasteiger partial charge in [-0.25, -0.2) is 0 Å². The van der Waals surface area contributed by atoms with Crippen molar-refractivity contribution >= 4 is 23.4 Å². The lowest BCUT2D eigenvalue weighted by Gasteiger charge is -2.18. The van der Waals surface area contributed by atoms with Crippen molar-refractivity contribution in [3.8, 4) is 0 Å². The van der Waals surface area contributed by atoms with Crippen LogP contribution < -0.4 is 5.32 Å². The maximum Gasteiger partial charge on any atom is 0.242 e. The predicted molar refractivity (Wildman–Crippen MR) is 122 cm³/mol. The zero-order chi connectivity index (χ0) is 21.1. The number of hydrogen-bond donors (Lipinski definition) is 1. The number of benzene rings is 2. The predicted octanol–water partition coefficient (Wildman–Crippen LogP) is 5.43. The van der Waals surface area contributed by atoms with Crippen LogP contribution >= 0.6 is 11.8 Å². The molecule has 1 aliphatic carbocycles. The maximum atomic E-state index is 13.4. The molecule has 1 heterocycles. The molecule has 30 heavy (non-hydrogen) atoms. The zero-order valence-electron chi connectivity index (χ0n) is 17.3. The Morgan fingerprint density at radius 2 is 1.90 bits per heavy atom. The number of amides is 1. The van der Waals surface area contributed by atoms with Crippen LogP contribution in [-0.2, 0) is 11.3 Å². The van der Waals surface area contributed by atoms with E-state index in [1.54, 1.807) is 0 Å². The molecule has 1 saturated carbocycles. The van der Waals surface area contributed by atoms with Gasteiger partial charge in [0.1, 0.15) is 11.1 Å². The van der Waals surface area contributed by atoms with E-state index in [1.807, 2.05) is 62.4 Å². The first-order valence-corrected chi connectivity index (χ1v) is 11.1. The third-order valence-electron chi connectivity index (χ3n) is 5.05. The molecule has 3 aromatic rings. The number of thioether (sulfide) groups is 1. The van der Waals surface area contributed by atoms with Crippen molar-refractivity contribution in [2.75, 3.05) is 5.32 Å². The Balaban J connectivity index is 1.64. The van der Waals surface area contributed by atoms with Gasteiger partial charge < -0.3 is 9.88 Å². The second-order valence-corrected chi connectivity index (χ2v) is 8.86. The summed E-state index contributed by atoms with van der Waals surface area (Å²) in [5.41, 5.74) is 3.98. The number of carbonyl (C=O) groups excluding carboxylic acids is 1. The highest BCUT2D eigenvalue weighted by Gasteiger charge is 2.32. The SMILES string of the molecule is C=CCn1c(SC(C(=O)Nc2cc(C)cc(C)c2)c2ccccc2)nnc1C1CC1. The smallest absolute Gasteiger partial charge is 0.242 e. The number of carbonyl (C=O) groups is 1. The monoisotopic (exact) mass is 418 g/mol. The first kappa shape index (κ1) is 20.4. The standard InChI is InChI=1S/C24H26N4OS/c1-4-12-28-22(19-10-11-19)26-27-24(28)30-21(18-8-6-5-7-9-18)23(29)25-20-14-16(2)13-17(3)15-20/h4-9,13-15,19,21H,1,10-12H2,2-3H3,(H,25,29). The van der Waals surface area contributed by atoms with Gasteiger partial charge in [0.05, 0.1) is 0 Å². The molecular weight excluding hydrogens is 392 g/mol. The topological polar surface area (TPSA) is 59.8 Å². The molecule has 0 spiro atoms. The molecule has 0 radical (unpaired) electrons. The summed E-state index contributed by atoms with van der Waals surface area (Å²) in [5.74, 6) is 1.40. The summed E-state index contributed by atoms with van der Waals surface area (Å²) in [6.07, 6.45) is 4.15. The molecule has 1 atom stereocenters. The van der Waals surface area contributed by atoms with E-state index in [0.29, 0.717) is 12.5 Å². The van der Waals surface area contributed by atoms with Gasteiger partial charge in [0.2, 0.25) is 5.91 Å². The number of rotatable bonds is 8. The largest absolute Gasteiger partial charge is 0.325 e. The van der Waals surface area contributed by atoms with E-state index in [1.165, 1.54) is 11.8 Å². The summed E-state index contributed by atoms with van der Waals surface area (Å²) in [6.45, 7) is 8.58. The number of nitrogens with zero attached hydrogens (tertiary/aromatic N) is 3. The molecule has 1 unspecified atom stereocenters. The van der Waals surface area contributed by atoms with Crippen LogP contribution in [0.2, 0.25) is 0 Å². The fourth-order valence-corrected chi connectivity index (χ4v) is 4.65. The van der Waals surface area contributed by atoms with Gasteiger partial charge in [0.25, 0.3) is 0 Å². The summed E-state index contributed by atoms with van der Waals surface area (Å²) >= 11 is 1.44. The highest BCUT2D eigenvalue weighted by Crippen LogP contribution is 2.42. The molecule has 1 aromatic heterocycles. The minimum absolute atomic E-state index is 0.0719. The van der Waals surface area contributed by atoms with E-state index in [2.05, 4.69) is 32.7 Å². The molecule has 5 nitrogen and oxygen atoms in total. The number of allylic oxidation sites excluding steroid dienone is 1. The van der Waals surface area contributed by atoms with Crippen molar-refractivity contribution < 1.29 is 4.79 Å². The fourth-order valence-electron chi connectivity index (χ4n) is 3.59. The highest BCUT2D eigenvalue weighted by atomic mass is 32.2. The average molecular weight is 419 g/mol. The van der Waals surface area contributed by atoms with Crippen LogP contribution in [0.5, 0.6) is 0 Å². The van der Waals surface area contributed by atoms with Crippen LogP contribution in [0, 0.1) is 13.8 Å². The Morgan fingerprint density at radius 3 is 2.53 bits per heavy atom. The van der Waals surface area contributed by atoms with Crippen LogP contribution in [0.25, 0.3) is 0 Å². The van der Waals surface area contributed by atoms with E-state index in [-0.39, 0.29) is 5.91 Å². The number of nitrogens with one attached hydrogen (secondary N) is 1. The van der Waals surface area contributed by atoms with Crippen molar-refractivity contribution in [2.45, 2.75) is 49.6 Å². The Morgan fingerprint density at radius 1 is 1.20 bits per heavy atom. The Labute approximate surface area is 181 Å². The summed E-state index contributed by atoms with van der Waals surface area (Å²) in [4.78, 5) is 13.4. The lowest BCUT2D eigenvalue weighted by molar-refractivity contribution is -0.115. The van der Waals surface area contributed by atoms with Gasteiger partial charge in [0, 0.05) is 18.2 Å². The van der Waals surface area contributed by atoms with Crippen molar-refractivity contribution in [1.29, 1.82) is 0 Å². The van der Waals surface area contributed by atoms with E-state index in [4.69, 9.17) is 0 Å². The molecule has 0 saturated heterocycles. The van der Waals surface area contributed by atoms with E-state index >= 15 is 0 Å². The molecule has 6 heteroatoms. The van der Waals surface area contributed by atoms with Crippen molar-refractivity contribution in [1.82, 2.24) is 14.8 Å². The molecule has 0 bridgehead atoms. The Hall–Kier alpha value is -2.86. The Kier molecular flexibility index (Phi) is 6.04. The van der Waals surface area contributed by atoms with E-state index in [0.717, 1.165) is 46.2 Å². The van der Waals surface area contributed by atoms with E-state index in [9.17, 15) is 4.79 Å². The zero-order valence-corrected chi connectivity index (χ0v) is 18.2. The van der Waals surface area contributed by atoms with Gasteiger partial charge >= 0.3 is 0 Å². The van der Waals surface area contributed by atoms with Crippen LogP contribution in [0.15, 0.2) is 66.3 Å². The van der Waals surface area contributed by atoms with Crippen molar-refractivity contribution in [2.24, 2.45) is 0 Å². The van der Waals surface area contributed by atoms with Gasteiger partial charge in [-0.3, -0.25) is 4.79 Å². The lowest BCUT2D eigenvalue weighted by atomic mass is 10.1. The average Bonchev–Trinajstić information content (AvgIpc) is 3.48. The summed E-state index contributed by atoms with van der Waals surface area (Å²) in [7, 11) is 0. The number of anilines is 1. The van der Waals surface area contributed by atoms with Crippen LogP contribution in [0.3, 0.4) is 0 Å². The fraction of sp³-hybridized carbons (Fsp3) is 0.292. The quantitative estimate of drug-likeness (QED) is 0.391. The van der Waals surface area contributed by atoms with Gasteiger partial charge in [-0.1, -0.05) is 54.2 Å². The maximum absolute atomic E-state index is 13.4. The summed E-state index contributed by atoms with van der Waals surface area (Å²) < 4.78 is 2.09. The van der Waals surface area contributed by atoms with Crippen LogP contribution in [0.4, 0.5) is 5.69 Å². The van der Waals surface area contributed by atoms with Crippen molar-refractivity contribution in [3.63, 3.8) is 0 Å². The number of hydrogen-bond acceptors (Lipinski definition) is 4. The summed E-state index contributed by atoms with van der Waals surface area (Å²) in [5, 5.41) is 12.3. The molecular formula is C24H26N4OS. The van der Waals surface area contributed by atoms with Crippen molar-refractivity contribution in [3.05, 3.63) is 83.7 Å². The number of aryl methyl sites for hydroxylation is 2. The van der Waals surface area contributed by atoms with Gasteiger partial charge in [0.15, 0.2) is 5.16 Å². The molecule has 2 aromatic carbocycles. The second-order valence-electron chi connectivity index (χ2n) is 7.79. The van der Waals surface area contributed by atoms with Gasteiger partial charge in [-0.05, 0) is 55.5 Å². The molecule has 1 N–H and O–H groups in total. The minimum atomic E-state index is -0.438. The first-order chi connectivity index (χ1) is 14.5. The van der Waals surface area contributed by atoms with Crippen LogP contribution in [0.1, 0.15) is 46.5 Å². The molecule has 4 rings (SSSR count). The minimum Gasteiger partial charge on any atom is -0.325 e. The third-order valence-corrected chi connectivity index (χ3v) is 6.29. The highest BCUT2D eigenvalue weighted by molar-refractivity contribution is 8.00. The molecule has 1 fully saturated rings. The van der Waals surface area contributed by atoms with Gasteiger partial charge in [-0.15, -0.1) is 16.8 Å². The van der Waals surface area contributed by atoms with Gasteiger partial charge in [-0.2, -0.15) is 0 Å². The van der Waals surface area contributed by atoms with Crippen LogP contribution in [-0.4, -0.2) is 20.7 Å². The molecule has 154 valence electrons. The second kappa shape index (κ2) is 8.88. The Bertz CT molecular complexity index is 1040. The lowest BCUT2D eigenvalue weighted by Crippen LogP contribution is -2.20. The third kappa shape index (κ3) is 4.65. The first-order valence-electron chi connectivity index (χ1n) is 10.2. The summed E-state index contributed by atoms with van der Waals surface area (Å²) in [6, 6.07) is 15.9. The molecule has 0 aliphatic heterocycles. The molecule has 1 amide bonds. The number of aromatic nitrogens is 3. The normalized spacial score (nSPS) is 14.3.